The van der Waals surface area contributed by atoms with Crippen molar-refractivity contribution >= 4 is 11.7 Å². The lowest BCUT2D eigenvalue weighted by Gasteiger charge is -2.41. The van der Waals surface area contributed by atoms with Gasteiger partial charge in [0.15, 0.2) is 0 Å². The van der Waals surface area contributed by atoms with Gasteiger partial charge in [-0.2, -0.15) is 0 Å². The number of amides is 1. The van der Waals surface area contributed by atoms with Crippen molar-refractivity contribution in [2.75, 3.05) is 51.3 Å². The molecule has 1 amide bonds. The first kappa shape index (κ1) is 27.0. The number of methoxy groups -OCH3 is 1. The second-order valence-electron chi connectivity index (χ2n) is 10.8. The first-order chi connectivity index (χ1) is 20.2. The molecule has 0 unspecified atom stereocenters. The number of rotatable bonds is 7. The fourth-order valence-corrected chi connectivity index (χ4v) is 6.14. The van der Waals surface area contributed by atoms with Crippen LogP contribution in [-0.2, 0) is 4.79 Å². The first-order valence-electron chi connectivity index (χ1n) is 14.5. The molecule has 4 aromatic rings. The van der Waals surface area contributed by atoms with Crippen LogP contribution in [0.25, 0.3) is 11.3 Å². The average Bonchev–Trinajstić information content (AvgIpc) is 3.06. The Morgan fingerprint density at radius 2 is 1.39 bits per heavy atom. The van der Waals surface area contributed by atoms with E-state index in [4.69, 9.17) is 4.74 Å². The standard InChI is InChI=1S/C34H37N5O2/c1-41-30-14-12-26(13-15-30)31-24-32(36-25-35-31)37-18-16-29(17-19-37)34(40)39-22-20-38(21-23-39)33(27-8-4-2-5-9-27)28-10-6-3-7-11-28/h2-15,24-25,29,33H,16-23H2,1H3. The molecule has 41 heavy (non-hydrogen) atoms. The van der Waals surface area contributed by atoms with Crippen LogP contribution in [0, 0.1) is 5.92 Å². The summed E-state index contributed by atoms with van der Waals surface area (Å²) < 4.78 is 5.28. The monoisotopic (exact) mass is 547 g/mol. The van der Waals surface area contributed by atoms with E-state index in [-0.39, 0.29) is 12.0 Å². The van der Waals surface area contributed by atoms with Gasteiger partial charge in [0.1, 0.15) is 17.9 Å². The van der Waals surface area contributed by atoms with E-state index >= 15 is 0 Å². The highest BCUT2D eigenvalue weighted by Gasteiger charge is 2.33. The van der Waals surface area contributed by atoms with Crippen molar-refractivity contribution in [3.8, 4) is 17.0 Å². The molecule has 0 aliphatic carbocycles. The SMILES string of the molecule is COc1ccc(-c2cc(N3CCC(C(=O)N4CCN(C(c5ccccc5)c5ccccc5)CC4)CC3)ncn2)cc1. The summed E-state index contributed by atoms with van der Waals surface area (Å²) in [6.07, 6.45) is 3.32. The molecular formula is C34H37N5O2. The predicted octanol–water partition coefficient (Wildman–Crippen LogP) is 5.30. The minimum atomic E-state index is 0.0692. The molecule has 1 aromatic heterocycles. The zero-order chi connectivity index (χ0) is 28.0. The molecule has 3 heterocycles. The zero-order valence-corrected chi connectivity index (χ0v) is 23.6. The second kappa shape index (κ2) is 12.5. The molecule has 7 nitrogen and oxygen atoms in total. The third-order valence-electron chi connectivity index (χ3n) is 8.43. The van der Waals surface area contributed by atoms with Crippen LogP contribution in [0.5, 0.6) is 5.75 Å². The Balaban J connectivity index is 1.05. The molecule has 0 radical (unpaired) electrons. The molecule has 2 fully saturated rings. The van der Waals surface area contributed by atoms with Gasteiger partial charge in [-0.25, -0.2) is 9.97 Å². The van der Waals surface area contributed by atoms with Crippen LogP contribution >= 0.6 is 0 Å². The summed E-state index contributed by atoms with van der Waals surface area (Å²) in [5, 5.41) is 0. The number of ether oxygens (including phenoxy) is 1. The molecule has 0 N–H and O–H groups in total. The maximum Gasteiger partial charge on any atom is 0.225 e. The maximum atomic E-state index is 13.6. The molecule has 0 bridgehead atoms. The normalized spacial score (nSPS) is 16.6. The second-order valence-corrected chi connectivity index (χ2v) is 10.8. The summed E-state index contributed by atoms with van der Waals surface area (Å²) >= 11 is 0. The minimum Gasteiger partial charge on any atom is -0.497 e. The number of carbonyl (C=O) groups is 1. The highest BCUT2D eigenvalue weighted by atomic mass is 16.5. The predicted molar refractivity (Wildman–Crippen MR) is 162 cm³/mol. The molecule has 0 saturated carbocycles. The lowest BCUT2D eigenvalue weighted by Crippen LogP contribution is -2.52. The fourth-order valence-electron chi connectivity index (χ4n) is 6.14. The number of aromatic nitrogens is 2. The number of carbonyl (C=O) groups excluding carboxylic acids is 1. The van der Waals surface area contributed by atoms with E-state index in [1.165, 1.54) is 11.1 Å². The maximum absolute atomic E-state index is 13.6. The van der Waals surface area contributed by atoms with Crippen molar-refractivity contribution in [3.63, 3.8) is 0 Å². The molecule has 2 aliphatic heterocycles. The summed E-state index contributed by atoms with van der Waals surface area (Å²) in [6.45, 7) is 4.92. The van der Waals surface area contributed by atoms with Crippen molar-refractivity contribution in [1.29, 1.82) is 0 Å². The van der Waals surface area contributed by atoms with Crippen LogP contribution in [0.1, 0.15) is 30.0 Å². The summed E-state index contributed by atoms with van der Waals surface area (Å²) in [4.78, 5) is 29.5. The quantitative estimate of drug-likeness (QED) is 0.313. The van der Waals surface area contributed by atoms with Gasteiger partial charge in [-0.1, -0.05) is 60.7 Å². The van der Waals surface area contributed by atoms with E-state index in [1.807, 2.05) is 30.3 Å². The molecule has 7 heteroatoms. The van der Waals surface area contributed by atoms with E-state index in [0.717, 1.165) is 74.9 Å². The summed E-state index contributed by atoms with van der Waals surface area (Å²) in [5.74, 6) is 2.11. The van der Waals surface area contributed by atoms with E-state index < -0.39 is 0 Å². The van der Waals surface area contributed by atoms with Crippen molar-refractivity contribution in [1.82, 2.24) is 19.8 Å². The van der Waals surface area contributed by atoms with Crippen LogP contribution in [0.3, 0.4) is 0 Å². The van der Waals surface area contributed by atoms with Gasteiger partial charge < -0.3 is 14.5 Å². The van der Waals surface area contributed by atoms with Gasteiger partial charge in [0.05, 0.1) is 18.8 Å². The van der Waals surface area contributed by atoms with Gasteiger partial charge in [-0.15, -0.1) is 0 Å². The van der Waals surface area contributed by atoms with E-state index in [9.17, 15) is 4.79 Å². The number of nitrogens with zero attached hydrogens (tertiary/aromatic N) is 5. The molecule has 0 spiro atoms. The Morgan fingerprint density at radius 3 is 1.98 bits per heavy atom. The Morgan fingerprint density at radius 1 is 0.780 bits per heavy atom. The van der Waals surface area contributed by atoms with Gasteiger partial charge in [0.25, 0.3) is 0 Å². The van der Waals surface area contributed by atoms with Gasteiger partial charge in [0.2, 0.25) is 5.91 Å². The van der Waals surface area contributed by atoms with Crippen molar-refractivity contribution in [2.24, 2.45) is 5.92 Å². The highest BCUT2D eigenvalue weighted by Crippen LogP contribution is 2.31. The Labute approximate surface area is 242 Å². The number of hydrogen-bond acceptors (Lipinski definition) is 6. The fraction of sp³-hybridized carbons (Fsp3) is 0.324. The van der Waals surface area contributed by atoms with Gasteiger partial charge in [0, 0.05) is 56.8 Å². The molecule has 2 saturated heterocycles. The molecule has 210 valence electrons. The van der Waals surface area contributed by atoms with Gasteiger partial charge >= 0.3 is 0 Å². The van der Waals surface area contributed by atoms with Crippen LogP contribution in [0.2, 0.25) is 0 Å². The molecule has 2 aliphatic rings. The topological polar surface area (TPSA) is 61.8 Å². The largest absolute Gasteiger partial charge is 0.497 e. The first-order valence-corrected chi connectivity index (χ1v) is 14.5. The molecule has 6 rings (SSSR count). The lowest BCUT2D eigenvalue weighted by molar-refractivity contribution is -0.138. The van der Waals surface area contributed by atoms with E-state index in [2.05, 4.69) is 85.3 Å². The Kier molecular flexibility index (Phi) is 8.23. The Bertz CT molecular complexity index is 1380. The van der Waals surface area contributed by atoms with Crippen molar-refractivity contribution in [3.05, 3.63) is 108 Å². The van der Waals surface area contributed by atoms with Gasteiger partial charge in [-0.05, 0) is 48.2 Å². The van der Waals surface area contributed by atoms with Crippen LogP contribution in [-0.4, -0.2) is 72.1 Å². The third-order valence-corrected chi connectivity index (χ3v) is 8.43. The number of piperidine rings is 1. The molecule has 0 atom stereocenters. The van der Waals surface area contributed by atoms with Crippen LogP contribution in [0.4, 0.5) is 5.82 Å². The van der Waals surface area contributed by atoms with Gasteiger partial charge in [-0.3, -0.25) is 9.69 Å². The summed E-state index contributed by atoms with van der Waals surface area (Å²) in [6, 6.07) is 31.6. The average molecular weight is 548 g/mol. The lowest BCUT2D eigenvalue weighted by atomic mass is 9.94. The molecular weight excluding hydrogens is 510 g/mol. The zero-order valence-electron chi connectivity index (χ0n) is 23.6. The van der Waals surface area contributed by atoms with Crippen LogP contribution < -0.4 is 9.64 Å². The van der Waals surface area contributed by atoms with Crippen LogP contribution in [0.15, 0.2) is 97.3 Å². The Hall–Kier alpha value is -4.23. The third kappa shape index (κ3) is 6.10. The summed E-state index contributed by atoms with van der Waals surface area (Å²) in [5.41, 5.74) is 4.51. The van der Waals surface area contributed by atoms with Crippen molar-refractivity contribution < 1.29 is 9.53 Å². The van der Waals surface area contributed by atoms with E-state index in [1.54, 1.807) is 13.4 Å². The number of piperazine rings is 1. The summed E-state index contributed by atoms with van der Waals surface area (Å²) in [7, 11) is 1.67. The number of benzene rings is 3. The van der Waals surface area contributed by atoms with Crippen molar-refractivity contribution in [2.45, 2.75) is 18.9 Å². The number of anilines is 1. The highest BCUT2D eigenvalue weighted by molar-refractivity contribution is 5.79. The minimum absolute atomic E-state index is 0.0692. The van der Waals surface area contributed by atoms with E-state index in [0.29, 0.717) is 5.91 Å². The molecule has 3 aromatic carbocycles. The number of hydrogen-bond donors (Lipinski definition) is 0. The smallest absolute Gasteiger partial charge is 0.225 e.